The molecule has 572 valence electrons. The van der Waals surface area contributed by atoms with Crippen LogP contribution >= 0.6 is 0 Å². The van der Waals surface area contributed by atoms with Crippen LogP contribution in [0.2, 0.25) is 0 Å². The molecule has 0 aliphatic heterocycles. The number of ether oxygens (including phenoxy) is 7. The standard InChI is InChI=1S/C45H82O5.C43H78O5/c1-5-9-12-15-18-21-24-27-30-33-36-48-42-39-41(45(46)47-8-4)40-43(49-37-34-31-28-25-22-19-16-13-10-6-2)44(42)50-38-35-32-29-26-23-20-17-14-11-7-3;1-4-7-10-13-16-19-22-25-28-31-34-46-40-37-39(43(44)45)38-41(47-35-32-29-26-23-20-17-14-11-8-5-2)42(40)48-36-33-30-27-24-21-18-15-12-9-6-3/h39-40H,5-38H2,1-4H3;37-38H,4-36H2,1-3H3,(H,44,45). The van der Waals surface area contributed by atoms with Crippen molar-refractivity contribution in [3.8, 4) is 34.5 Å². The third-order valence-corrected chi connectivity index (χ3v) is 19.3. The maximum absolute atomic E-state index is 12.9. The largest absolute Gasteiger partial charge is 0.490 e. The molecule has 0 fully saturated rings. The Labute approximate surface area is 606 Å². The Morgan fingerprint density at radius 2 is 0.398 bits per heavy atom. The van der Waals surface area contributed by atoms with Gasteiger partial charge in [-0.15, -0.1) is 0 Å². The van der Waals surface area contributed by atoms with Crippen molar-refractivity contribution in [2.45, 2.75) is 434 Å². The molecule has 0 aliphatic carbocycles. The average Bonchev–Trinajstić information content (AvgIpc) is 0.829. The van der Waals surface area contributed by atoms with E-state index in [1.165, 1.54) is 315 Å². The molecule has 0 unspecified atom stereocenters. The van der Waals surface area contributed by atoms with Gasteiger partial charge in [0, 0.05) is 0 Å². The van der Waals surface area contributed by atoms with Crippen molar-refractivity contribution in [1.82, 2.24) is 0 Å². The maximum atomic E-state index is 12.9. The van der Waals surface area contributed by atoms with E-state index in [1.54, 1.807) is 24.3 Å². The van der Waals surface area contributed by atoms with E-state index in [1.807, 2.05) is 6.92 Å². The van der Waals surface area contributed by atoms with Crippen LogP contribution < -0.4 is 28.4 Å². The summed E-state index contributed by atoms with van der Waals surface area (Å²) in [4.78, 5) is 24.9. The molecule has 2 aromatic carbocycles. The molecule has 0 saturated heterocycles. The van der Waals surface area contributed by atoms with Gasteiger partial charge < -0.3 is 38.3 Å². The molecule has 10 heteroatoms. The van der Waals surface area contributed by atoms with Crippen LogP contribution in [0, 0.1) is 0 Å². The fourth-order valence-corrected chi connectivity index (χ4v) is 12.9. The summed E-state index contributed by atoms with van der Waals surface area (Å²) >= 11 is 0. The van der Waals surface area contributed by atoms with E-state index in [0.717, 1.165) is 70.6 Å². The Morgan fingerprint density at radius 3 is 0.571 bits per heavy atom. The van der Waals surface area contributed by atoms with Crippen LogP contribution in [0.3, 0.4) is 0 Å². The molecule has 0 aliphatic rings. The lowest BCUT2D eigenvalue weighted by molar-refractivity contribution is 0.0524. The van der Waals surface area contributed by atoms with Crippen LogP contribution in [-0.4, -0.2) is 63.3 Å². The minimum Gasteiger partial charge on any atom is -0.490 e. The SMILES string of the molecule is CCCCCCCCCCCCOc1cc(C(=O)O)cc(OCCCCCCCCCCCC)c1OCCCCCCCCCCCC.CCCCCCCCCCCCOc1cc(C(=O)OCC)cc(OCCCCCCCCCCCC)c1OCCCCCCCCCCCC. The topological polar surface area (TPSA) is 119 Å². The van der Waals surface area contributed by atoms with E-state index in [-0.39, 0.29) is 11.5 Å². The van der Waals surface area contributed by atoms with Crippen molar-refractivity contribution in [2.24, 2.45) is 0 Å². The lowest BCUT2D eigenvalue weighted by Gasteiger charge is -2.19. The van der Waals surface area contributed by atoms with Gasteiger partial charge in [0.1, 0.15) is 0 Å². The highest BCUT2D eigenvalue weighted by atomic mass is 16.6. The van der Waals surface area contributed by atoms with Crippen LogP contribution in [0.5, 0.6) is 34.5 Å². The van der Waals surface area contributed by atoms with Crippen molar-refractivity contribution in [3.05, 3.63) is 35.4 Å². The first-order chi connectivity index (χ1) is 48.3. The highest BCUT2D eigenvalue weighted by Gasteiger charge is 2.21. The molecule has 98 heavy (non-hydrogen) atoms. The normalized spacial score (nSPS) is 11.2. The molecule has 0 heterocycles. The number of carboxylic acids is 1. The number of esters is 1. The minimum absolute atomic E-state index is 0.192. The summed E-state index contributed by atoms with van der Waals surface area (Å²) < 4.78 is 43.3. The first-order valence-corrected chi connectivity index (χ1v) is 42.8. The Morgan fingerprint density at radius 1 is 0.235 bits per heavy atom. The van der Waals surface area contributed by atoms with Gasteiger partial charge in [0.25, 0.3) is 0 Å². The summed E-state index contributed by atoms with van der Waals surface area (Å²) in [6.07, 6.45) is 76.6. The first-order valence-electron chi connectivity index (χ1n) is 42.8. The number of hydrogen-bond acceptors (Lipinski definition) is 9. The summed E-state index contributed by atoms with van der Waals surface area (Å²) in [6, 6.07) is 6.85. The second-order valence-electron chi connectivity index (χ2n) is 28.8. The average molecular weight is 1380 g/mol. The van der Waals surface area contributed by atoms with Crippen LogP contribution in [0.15, 0.2) is 24.3 Å². The molecule has 0 spiro atoms. The molecular weight excluding hydrogens is 1220 g/mol. The fourth-order valence-electron chi connectivity index (χ4n) is 12.9. The predicted octanol–water partition coefficient (Wildman–Crippen LogP) is 29.0. The number of unbranched alkanes of at least 4 members (excludes halogenated alkanes) is 54. The lowest BCUT2D eigenvalue weighted by atomic mass is 10.1. The number of carboxylic acid groups (broad SMARTS) is 1. The molecule has 0 aromatic heterocycles. The Balaban J connectivity index is 0.000000981. The zero-order valence-corrected chi connectivity index (χ0v) is 65.8. The third-order valence-electron chi connectivity index (χ3n) is 19.3. The smallest absolute Gasteiger partial charge is 0.338 e. The summed E-state index contributed by atoms with van der Waals surface area (Å²) in [5.41, 5.74) is 0.659. The van der Waals surface area contributed by atoms with Crippen LogP contribution in [0.1, 0.15) is 454 Å². The molecule has 2 aromatic rings. The minimum atomic E-state index is -0.969. The second kappa shape index (κ2) is 73.0. The quantitative estimate of drug-likeness (QED) is 0.0506. The van der Waals surface area contributed by atoms with E-state index in [0.29, 0.717) is 86.3 Å². The number of aromatic carboxylic acids is 1. The van der Waals surface area contributed by atoms with E-state index >= 15 is 0 Å². The van der Waals surface area contributed by atoms with Crippen molar-refractivity contribution in [3.63, 3.8) is 0 Å². The molecule has 0 saturated carbocycles. The molecule has 10 nitrogen and oxygen atoms in total. The van der Waals surface area contributed by atoms with Gasteiger partial charge in [0.15, 0.2) is 23.0 Å². The van der Waals surface area contributed by atoms with Gasteiger partial charge >= 0.3 is 11.9 Å². The first kappa shape index (κ1) is 92.2. The van der Waals surface area contributed by atoms with E-state index in [2.05, 4.69) is 41.5 Å². The monoisotopic (exact) mass is 1380 g/mol. The molecule has 0 amide bonds. The second-order valence-corrected chi connectivity index (χ2v) is 28.8. The van der Waals surface area contributed by atoms with Gasteiger partial charge in [-0.25, -0.2) is 9.59 Å². The van der Waals surface area contributed by atoms with Crippen LogP contribution in [0.25, 0.3) is 0 Å². The van der Waals surface area contributed by atoms with Gasteiger partial charge in [0.2, 0.25) is 11.5 Å². The third kappa shape index (κ3) is 55.8. The van der Waals surface area contributed by atoms with Crippen molar-refractivity contribution < 1.29 is 47.9 Å². The van der Waals surface area contributed by atoms with Crippen LogP contribution in [-0.2, 0) is 4.74 Å². The molecule has 0 radical (unpaired) electrons. The van der Waals surface area contributed by atoms with Gasteiger partial charge in [-0.2, -0.15) is 0 Å². The predicted molar refractivity (Wildman–Crippen MR) is 420 cm³/mol. The molecule has 0 atom stereocenters. The highest BCUT2D eigenvalue weighted by molar-refractivity contribution is 5.91. The fraction of sp³-hybridized carbons (Fsp3) is 0.841. The summed E-state index contributed by atoms with van der Waals surface area (Å²) in [5.74, 6) is 2.15. The zero-order valence-electron chi connectivity index (χ0n) is 65.8. The maximum Gasteiger partial charge on any atom is 0.338 e. The zero-order chi connectivity index (χ0) is 70.9. The number of carbonyl (C=O) groups is 2. The van der Waals surface area contributed by atoms with Crippen LogP contribution in [0.4, 0.5) is 0 Å². The van der Waals surface area contributed by atoms with Gasteiger partial charge in [-0.1, -0.05) is 388 Å². The van der Waals surface area contributed by atoms with Gasteiger partial charge in [-0.05, 0) is 69.7 Å². The van der Waals surface area contributed by atoms with Gasteiger partial charge in [-0.3, -0.25) is 0 Å². The number of carbonyl (C=O) groups excluding carboxylic acids is 1. The number of benzene rings is 2. The summed E-state index contributed by atoms with van der Waals surface area (Å²) in [7, 11) is 0. The number of rotatable bonds is 75. The van der Waals surface area contributed by atoms with Crippen molar-refractivity contribution in [1.29, 1.82) is 0 Å². The van der Waals surface area contributed by atoms with E-state index in [4.69, 9.17) is 33.2 Å². The van der Waals surface area contributed by atoms with Gasteiger partial charge in [0.05, 0.1) is 57.4 Å². The Kier molecular flexibility index (Phi) is 68.6. The van der Waals surface area contributed by atoms with Crippen molar-refractivity contribution in [2.75, 3.05) is 46.2 Å². The number of hydrogen-bond donors (Lipinski definition) is 1. The Bertz CT molecular complexity index is 1930. The van der Waals surface area contributed by atoms with Crippen molar-refractivity contribution >= 4 is 11.9 Å². The molecule has 1 N–H and O–H groups in total. The Hall–Kier alpha value is -3.82. The highest BCUT2D eigenvalue weighted by Crippen LogP contribution is 2.41. The lowest BCUT2D eigenvalue weighted by Crippen LogP contribution is -2.10. The molecule has 2 rings (SSSR count). The molecule has 0 bridgehead atoms. The van der Waals surface area contributed by atoms with E-state index < -0.39 is 5.97 Å². The summed E-state index contributed by atoms with van der Waals surface area (Å²) in [6.45, 7) is 19.3. The van der Waals surface area contributed by atoms with E-state index in [9.17, 15) is 14.7 Å². The molecular formula is C88H160O10. The summed E-state index contributed by atoms with van der Waals surface area (Å²) in [5, 5.41) is 9.87.